The zero-order chi connectivity index (χ0) is 19.5. The van der Waals surface area contributed by atoms with E-state index in [9.17, 15) is 9.18 Å². The first-order valence-electron chi connectivity index (χ1n) is 9.14. The van der Waals surface area contributed by atoms with Crippen molar-refractivity contribution in [2.24, 2.45) is 0 Å². The molecule has 0 aliphatic carbocycles. The van der Waals surface area contributed by atoms with E-state index in [2.05, 4.69) is 20.3 Å². The van der Waals surface area contributed by atoms with Crippen LogP contribution in [0.4, 0.5) is 10.2 Å². The Kier molecular flexibility index (Phi) is 4.97. The number of pyridine rings is 1. The minimum atomic E-state index is -0.333. The molecule has 7 heteroatoms. The largest absolute Gasteiger partial charge is 0.358 e. The summed E-state index contributed by atoms with van der Waals surface area (Å²) in [6.07, 6.45) is 4.08. The number of carbonyl (C=O) groups excluding carboxylic acids is 1. The van der Waals surface area contributed by atoms with Crippen LogP contribution in [0, 0.1) is 12.7 Å². The molecule has 0 bridgehead atoms. The summed E-state index contributed by atoms with van der Waals surface area (Å²) in [5.41, 5.74) is 2.60. The van der Waals surface area contributed by atoms with Crippen LogP contribution in [0.1, 0.15) is 17.7 Å². The molecule has 1 aliphatic rings. The third kappa shape index (κ3) is 3.98. The number of nitrogens with zero attached hydrogens (tertiary/aromatic N) is 4. The number of aryl methyl sites for hydroxylation is 1. The molecule has 1 unspecified atom stereocenters. The fraction of sp³-hybridized carbons (Fsp3) is 0.238. The summed E-state index contributed by atoms with van der Waals surface area (Å²) in [5, 5.41) is 3.25. The highest BCUT2D eigenvalue weighted by molar-refractivity contribution is 5.86. The van der Waals surface area contributed by atoms with E-state index in [1.54, 1.807) is 29.4 Å². The molecule has 28 heavy (non-hydrogen) atoms. The van der Waals surface area contributed by atoms with E-state index in [-0.39, 0.29) is 17.8 Å². The van der Waals surface area contributed by atoms with Crippen molar-refractivity contribution in [2.75, 3.05) is 11.9 Å². The van der Waals surface area contributed by atoms with Crippen molar-refractivity contribution < 1.29 is 9.18 Å². The Labute approximate surface area is 162 Å². The Hall–Kier alpha value is -3.35. The van der Waals surface area contributed by atoms with Gasteiger partial charge in [0.2, 0.25) is 5.91 Å². The Morgan fingerprint density at radius 1 is 1.14 bits per heavy atom. The number of anilines is 1. The van der Waals surface area contributed by atoms with Crippen LogP contribution < -0.4 is 5.32 Å². The lowest BCUT2D eigenvalue weighted by molar-refractivity contribution is -0.128. The van der Waals surface area contributed by atoms with Crippen LogP contribution in [-0.2, 0) is 11.3 Å². The van der Waals surface area contributed by atoms with Crippen molar-refractivity contribution >= 4 is 11.7 Å². The van der Waals surface area contributed by atoms with Gasteiger partial charge in [0.1, 0.15) is 17.7 Å². The first-order valence-corrected chi connectivity index (χ1v) is 9.14. The van der Waals surface area contributed by atoms with Gasteiger partial charge in [-0.2, -0.15) is 0 Å². The van der Waals surface area contributed by atoms with Crippen molar-refractivity contribution in [1.29, 1.82) is 0 Å². The molecular weight excluding hydrogens is 357 g/mol. The summed E-state index contributed by atoms with van der Waals surface area (Å²) < 4.78 is 13.1. The van der Waals surface area contributed by atoms with Crippen molar-refractivity contribution in [2.45, 2.75) is 25.9 Å². The van der Waals surface area contributed by atoms with Crippen molar-refractivity contribution in [3.05, 3.63) is 71.9 Å². The third-order valence-electron chi connectivity index (χ3n) is 4.70. The summed E-state index contributed by atoms with van der Waals surface area (Å²) >= 11 is 0. The van der Waals surface area contributed by atoms with Gasteiger partial charge >= 0.3 is 0 Å². The van der Waals surface area contributed by atoms with Gasteiger partial charge in [0, 0.05) is 42.8 Å². The number of aromatic nitrogens is 3. The van der Waals surface area contributed by atoms with Gasteiger partial charge in [0.05, 0.1) is 0 Å². The van der Waals surface area contributed by atoms with Crippen LogP contribution in [0.2, 0.25) is 0 Å². The van der Waals surface area contributed by atoms with E-state index in [4.69, 9.17) is 0 Å². The lowest BCUT2D eigenvalue weighted by Crippen LogP contribution is -2.33. The number of halogens is 1. The van der Waals surface area contributed by atoms with Crippen LogP contribution in [0.25, 0.3) is 11.4 Å². The highest BCUT2D eigenvalue weighted by atomic mass is 19.1. The second kappa shape index (κ2) is 7.72. The van der Waals surface area contributed by atoms with Crippen LogP contribution >= 0.6 is 0 Å². The first kappa shape index (κ1) is 18.0. The van der Waals surface area contributed by atoms with E-state index >= 15 is 0 Å². The summed E-state index contributed by atoms with van der Waals surface area (Å²) in [5.74, 6) is 0.964. The standard InChI is InChI=1S/C21H20FN5O/c1-14-12-19(26-20(24-14)16-6-9-23-10-7-16)25-18-8-11-27(21(18)28)13-15-2-4-17(22)5-3-15/h2-7,9-10,12,18H,8,11,13H2,1H3,(H,24,25,26). The Morgan fingerprint density at radius 2 is 1.89 bits per heavy atom. The molecular formula is C21H20FN5O. The van der Waals surface area contributed by atoms with E-state index < -0.39 is 0 Å². The van der Waals surface area contributed by atoms with Crippen LogP contribution in [0.3, 0.4) is 0 Å². The lowest BCUT2D eigenvalue weighted by atomic mass is 10.2. The highest BCUT2D eigenvalue weighted by Gasteiger charge is 2.31. The minimum Gasteiger partial charge on any atom is -0.358 e. The van der Waals surface area contributed by atoms with Crippen LogP contribution in [0.15, 0.2) is 54.9 Å². The number of hydrogen-bond acceptors (Lipinski definition) is 5. The average Bonchev–Trinajstić information content (AvgIpc) is 3.03. The summed E-state index contributed by atoms with van der Waals surface area (Å²) in [7, 11) is 0. The van der Waals surface area contributed by atoms with Crippen molar-refractivity contribution in [3.63, 3.8) is 0 Å². The molecule has 1 saturated heterocycles. The van der Waals surface area contributed by atoms with Crippen LogP contribution in [0.5, 0.6) is 0 Å². The molecule has 1 atom stereocenters. The Morgan fingerprint density at radius 3 is 2.64 bits per heavy atom. The highest BCUT2D eigenvalue weighted by Crippen LogP contribution is 2.21. The summed E-state index contributed by atoms with van der Waals surface area (Å²) in [6, 6.07) is 11.4. The molecule has 142 valence electrons. The zero-order valence-electron chi connectivity index (χ0n) is 15.5. The number of likely N-dealkylation sites (tertiary alicyclic amines) is 1. The van der Waals surface area contributed by atoms with Gasteiger partial charge in [0.25, 0.3) is 0 Å². The first-order chi connectivity index (χ1) is 13.6. The maximum Gasteiger partial charge on any atom is 0.245 e. The van der Waals surface area contributed by atoms with Crippen molar-refractivity contribution in [1.82, 2.24) is 19.9 Å². The molecule has 6 nitrogen and oxygen atoms in total. The number of nitrogens with one attached hydrogen (secondary N) is 1. The molecule has 1 fully saturated rings. The van der Waals surface area contributed by atoms with Crippen molar-refractivity contribution in [3.8, 4) is 11.4 Å². The number of hydrogen-bond donors (Lipinski definition) is 1. The SMILES string of the molecule is Cc1cc(NC2CCN(Cc3ccc(F)cc3)C2=O)nc(-c2ccncc2)n1. The smallest absolute Gasteiger partial charge is 0.245 e. The predicted molar refractivity (Wildman–Crippen MR) is 104 cm³/mol. The minimum absolute atomic E-state index is 0.0195. The van der Waals surface area contributed by atoms with Gasteiger partial charge in [-0.1, -0.05) is 12.1 Å². The molecule has 0 saturated carbocycles. The molecule has 3 heterocycles. The van der Waals surface area contributed by atoms with Gasteiger partial charge in [-0.15, -0.1) is 0 Å². The predicted octanol–water partition coefficient (Wildman–Crippen LogP) is 3.20. The number of benzene rings is 1. The zero-order valence-corrected chi connectivity index (χ0v) is 15.5. The number of carbonyl (C=O) groups is 1. The Balaban J connectivity index is 1.47. The number of rotatable bonds is 5. The second-order valence-corrected chi connectivity index (χ2v) is 6.83. The molecule has 0 spiro atoms. The van der Waals surface area contributed by atoms with Gasteiger partial charge in [-0.05, 0) is 43.2 Å². The fourth-order valence-corrected chi connectivity index (χ4v) is 3.29. The maximum atomic E-state index is 13.1. The average molecular weight is 377 g/mol. The molecule has 1 aromatic carbocycles. The van der Waals surface area contributed by atoms with E-state index in [1.807, 2.05) is 25.1 Å². The monoisotopic (exact) mass is 377 g/mol. The van der Waals surface area contributed by atoms with E-state index in [1.165, 1.54) is 12.1 Å². The quantitative estimate of drug-likeness (QED) is 0.739. The van der Waals surface area contributed by atoms with E-state index in [0.29, 0.717) is 31.2 Å². The summed E-state index contributed by atoms with van der Waals surface area (Å²) in [6.45, 7) is 3.02. The van der Waals surface area contributed by atoms with Gasteiger partial charge in [0.15, 0.2) is 5.82 Å². The Bertz CT molecular complexity index is 978. The van der Waals surface area contributed by atoms with Gasteiger partial charge < -0.3 is 10.2 Å². The van der Waals surface area contributed by atoms with Gasteiger partial charge in [-0.3, -0.25) is 9.78 Å². The fourth-order valence-electron chi connectivity index (χ4n) is 3.29. The molecule has 3 aromatic rings. The molecule has 0 radical (unpaired) electrons. The lowest BCUT2D eigenvalue weighted by Gasteiger charge is -2.18. The number of amides is 1. The molecule has 2 aromatic heterocycles. The van der Waals surface area contributed by atoms with Crippen LogP contribution in [-0.4, -0.2) is 38.3 Å². The molecule has 1 amide bonds. The topological polar surface area (TPSA) is 71.0 Å². The van der Waals surface area contributed by atoms with E-state index in [0.717, 1.165) is 16.8 Å². The maximum absolute atomic E-state index is 13.1. The normalized spacial score (nSPS) is 16.4. The van der Waals surface area contributed by atoms with Gasteiger partial charge in [-0.25, -0.2) is 14.4 Å². The third-order valence-corrected chi connectivity index (χ3v) is 4.70. The summed E-state index contributed by atoms with van der Waals surface area (Å²) in [4.78, 5) is 27.6. The molecule has 4 rings (SSSR count). The second-order valence-electron chi connectivity index (χ2n) is 6.83. The molecule has 1 N–H and O–H groups in total. The molecule has 1 aliphatic heterocycles.